The summed E-state index contributed by atoms with van der Waals surface area (Å²) >= 11 is 0. The smallest absolute Gasteiger partial charge is 0.246 e. The van der Waals surface area contributed by atoms with Crippen LogP contribution < -0.4 is 11.1 Å². The lowest BCUT2D eigenvalue weighted by molar-refractivity contribution is -0.145. The van der Waals surface area contributed by atoms with Crippen LogP contribution in [0.4, 0.5) is 0 Å². The largest absolute Gasteiger partial charge is 0.323 e. The first-order valence-electron chi connectivity index (χ1n) is 3.87. The second-order valence-corrected chi connectivity index (χ2v) is 2.95. The van der Waals surface area contributed by atoms with Gasteiger partial charge < -0.3 is 10.6 Å². The second kappa shape index (κ2) is 3.53. The van der Waals surface area contributed by atoms with Crippen molar-refractivity contribution in [2.75, 3.05) is 13.1 Å². The molecule has 1 saturated heterocycles. The van der Waals surface area contributed by atoms with E-state index in [4.69, 9.17) is 5.73 Å². The van der Waals surface area contributed by atoms with Gasteiger partial charge in [0.1, 0.15) is 13.1 Å². The van der Waals surface area contributed by atoms with Gasteiger partial charge in [-0.25, -0.2) is 0 Å². The summed E-state index contributed by atoms with van der Waals surface area (Å²) in [4.78, 5) is 34.1. The Balaban J connectivity index is 2.65. The van der Waals surface area contributed by atoms with E-state index < -0.39 is 17.9 Å². The highest BCUT2D eigenvalue weighted by Gasteiger charge is 2.27. The summed E-state index contributed by atoms with van der Waals surface area (Å²) in [6, 6.07) is -0.682. The SMILES string of the molecule is C[C@H](N)C(=O)N1CC(=O)NC(=O)C1. The number of nitrogens with one attached hydrogen (secondary N) is 1. The maximum Gasteiger partial charge on any atom is 0.246 e. The molecule has 1 aliphatic heterocycles. The van der Waals surface area contributed by atoms with Gasteiger partial charge in [-0.1, -0.05) is 0 Å². The predicted octanol–water partition coefficient (Wildman–Crippen LogP) is -2.18. The molecule has 0 unspecified atom stereocenters. The molecule has 3 N–H and O–H groups in total. The molecule has 0 spiro atoms. The topological polar surface area (TPSA) is 92.5 Å². The molecular formula is C7H11N3O3. The summed E-state index contributed by atoms with van der Waals surface area (Å²) in [5.41, 5.74) is 5.32. The Hall–Kier alpha value is -1.43. The standard InChI is InChI=1S/C7H11N3O3/c1-4(8)7(13)10-2-5(11)9-6(12)3-10/h4H,2-3,8H2,1H3,(H,9,11,12)/t4-/m0/s1. The molecule has 6 heteroatoms. The zero-order valence-corrected chi connectivity index (χ0v) is 7.24. The Morgan fingerprint density at radius 1 is 1.46 bits per heavy atom. The summed E-state index contributed by atoms with van der Waals surface area (Å²) < 4.78 is 0. The highest BCUT2D eigenvalue weighted by atomic mass is 16.2. The number of amides is 3. The van der Waals surface area contributed by atoms with Crippen LogP contribution in [-0.2, 0) is 14.4 Å². The van der Waals surface area contributed by atoms with Crippen LogP contribution in [0, 0.1) is 0 Å². The Bertz CT molecular complexity index is 246. The van der Waals surface area contributed by atoms with Crippen molar-refractivity contribution in [3.63, 3.8) is 0 Å². The van der Waals surface area contributed by atoms with E-state index in [1.807, 2.05) is 0 Å². The number of piperazine rings is 1. The minimum Gasteiger partial charge on any atom is -0.323 e. The molecule has 0 aromatic heterocycles. The van der Waals surface area contributed by atoms with Gasteiger partial charge in [0.15, 0.2) is 0 Å². The van der Waals surface area contributed by atoms with Gasteiger partial charge in [0, 0.05) is 0 Å². The van der Waals surface area contributed by atoms with Crippen LogP contribution in [0.2, 0.25) is 0 Å². The molecule has 3 amide bonds. The van der Waals surface area contributed by atoms with Crippen LogP contribution in [0.25, 0.3) is 0 Å². The van der Waals surface area contributed by atoms with Crippen molar-refractivity contribution < 1.29 is 14.4 Å². The van der Waals surface area contributed by atoms with E-state index in [9.17, 15) is 14.4 Å². The molecule has 0 aliphatic carbocycles. The summed E-state index contributed by atoms with van der Waals surface area (Å²) in [7, 11) is 0. The quantitative estimate of drug-likeness (QED) is 0.454. The monoisotopic (exact) mass is 185 g/mol. The molecule has 0 saturated carbocycles. The number of carbonyl (C=O) groups excluding carboxylic acids is 3. The number of nitrogens with two attached hydrogens (primary N) is 1. The third-order valence-corrected chi connectivity index (χ3v) is 1.65. The molecule has 72 valence electrons. The highest BCUT2D eigenvalue weighted by Crippen LogP contribution is 1.97. The molecule has 1 rings (SSSR count). The van der Waals surface area contributed by atoms with Gasteiger partial charge in [-0.05, 0) is 6.92 Å². The Morgan fingerprint density at radius 3 is 2.31 bits per heavy atom. The molecule has 0 aromatic rings. The van der Waals surface area contributed by atoms with Gasteiger partial charge in [-0.15, -0.1) is 0 Å². The van der Waals surface area contributed by atoms with E-state index in [0.717, 1.165) is 4.90 Å². The summed E-state index contributed by atoms with van der Waals surface area (Å²) in [5, 5.41) is 2.09. The van der Waals surface area contributed by atoms with Crippen molar-refractivity contribution in [1.29, 1.82) is 0 Å². The Morgan fingerprint density at radius 2 is 1.92 bits per heavy atom. The molecule has 1 atom stereocenters. The molecular weight excluding hydrogens is 174 g/mol. The molecule has 0 bridgehead atoms. The molecule has 1 heterocycles. The van der Waals surface area contributed by atoms with Gasteiger partial charge in [0.25, 0.3) is 0 Å². The van der Waals surface area contributed by atoms with E-state index >= 15 is 0 Å². The number of hydrogen-bond acceptors (Lipinski definition) is 4. The molecule has 13 heavy (non-hydrogen) atoms. The van der Waals surface area contributed by atoms with Crippen LogP contribution >= 0.6 is 0 Å². The Labute approximate surface area is 75.1 Å². The van der Waals surface area contributed by atoms with E-state index in [2.05, 4.69) is 5.32 Å². The first-order valence-corrected chi connectivity index (χ1v) is 3.87. The zero-order chi connectivity index (χ0) is 10.0. The van der Waals surface area contributed by atoms with Crippen molar-refractivity contribution in [3.8, 4) is 0 Å². The van der Waals surface area contributed by atoms with E-state index in [1.54, 1.807) is 0 Å². The third kappa shape index (κ3) is 2.25. The van der Waals surface area contributed by atoms with Gasteiger partial charge in [0.2, 0.25) is 17.7 Å². The van der Waals surface area contributed by atoms with E-state index in [-0.39, 0.29) is 19.0 Å². The maximum absolute atomic E-state index is 11.3. The van der Waals surface area contributed by atoms with Crippen LogP contribution in [0.15, 0.2) is 0 Å². The number of rotatable bonds is 1. The molecule has 6 nitrogen and oxygen atoms in total. The van der Waals surface area contributed by atoms with Crippen molar-refractivity contribution in [2.45, 2.75) is 13.0 Å². The lowest BCUT2D eigenvalue weighted by Gasteiger charge is -2.26. The van der Waals surface area contributed by atoms with Crippen LogP contribution in [0.5, 0.6) is 0 Å². The third-order valence-electron chi connectivity index (χ3n) is 1.65. The van der Waals surface area contributed by atoms with Gasteiger partial charge >= 0.3 is 0 Å². The molecule has 1 aliphatic rings. The van der Waals surface area contributed by atoms with Crippen LogP contribution in [0.3, 0.4) is 0 Å². The minimum absolute atomic E-state index is 0.0912. The number of carbonyl (C=O) groups is 3. The van der Waals surface area contributed by atoms with Gasteiger partial charge in [-0.3, -0.25) is 19.7 Å². The number of imide groups is 1. The van der Waals surface area contributed by atoms with Crippen molar-refractivity contribution in [3.05, 3.63) is 0 Å². The normalized spacial score (nSPS) is 19.7. The zero-order valence-electron chi connectivity index (χ0n) is 7.24. The lowest BCUT2D eigenvalue weighted by atomic mass is 10.2. The fraction of sp³-hybridized carbons (Fsp3) is 0.571. The average Bonchev–Trinajstić information content (AvgIpc) is 2.01. The highest BCUT2D eigenvalue weighted by molar-refractivity contribution is 6.03. The number of hydrogen-bond donors (Lipinski definition) is 2. The van der Waals surface area contributed by atoms with E-state index in [1.165, 1.54) is 6.92 Å². The lowest BCUT2D eigenvalue weighted by Crippen LogP contribution is -2.56. The fourth-order valence-corrected chi connectivity index (χ4v) is 1.08. The van der Waals surface area contributed by atoms with Gasteiger partial charge in [0.05, 0.1) is 6.04 Å². The average molecular weight is 185 g/mol. The summed E-state index contributed by atoms with van der Waals surface area (Å²) in [6.45, 7) is 1.33. The van der Waals surface area contributed by atoms with Crippen LogP contribution in [-0.4, -0.2) is 41.8 Å². The molecule has 0 aromatic carbocycles. The summed E-state index contributed by atoms with van der Waals surface area (Å²) in [5.74, 6) is -1.32. The maximum atomic E-state index is 11.3. The molecule has 1 fully saturated rings. The number of nitrogens with zero attached hydrogens (tertiary/aromatic N) is 1. The van der Waals surface area contributed by atoms with Gasteiger partial charge in [-0.2, -0.15) is 0 Å². The first-order chi connectivity index (χ1) is 6.00. The Kier molecular flexibility index (Phi) is 2.62. The fourth-order valence-electron chi connectivity index (χ4n) is 1.08. The second-order valence-electron chi connectivity index (χ2n) is 2.95. The minimum atomic E-state index is -0.682. The van der Waals surface area contributed by atoms with Crippen LogP contribution in [0.1, 0.15) is 6.92 Å². The van der Waals surface area contributed by atoms with Crippen molar-refractivity contribution >= 4 is 17.7 Å². The first kappa shape index (κ1) is 9.66. The predicted molar refractivity (Wildman–Crippen MR) is 43.4 cm³/mol. The van der Waals surface area contributed by atoms with Crippen molar-refractivity contribution in [1.82, 2.24) is 10.2 Å². The molecule has 0 radical (unpaired) electrons. The summed E-state index contributed by atoms with van der Waals surface area (Å²) in [6.07, 6.45) is 0. The van der Waals surface area contributed by atoms with E-state index in [0.29, 0.717) is 0 Å². The van der Waals surface area contributed by atoms with Crippen molar-refractivity contribution in [2.24, 2.45) is 5.73 Å².